The lowest BCUT2D eigenvalue weighted by molar-refractivity contribution is -0.151. The Balaban J connectivity index is 2.71. The van der Waals surface area contributed by atoms with Crippen molar-refractivity contribution in [2.45, 2.75) is 111 Å². The van der Waals surface area contributed by atoms with E-state index in [-0.39, 0.29) is 46.7 Å². The molecule has 2 N–H and O–H groups in total. The van der Waals surface area contributed by atoms with Gasteiger partial charge < -0.3 is 24.5 Å². The molecule has 1 rings (SSSR count). The van der Waals surface area contributed by atoms with E-state index in [0.29, 0.717) is 19.3 Å². The molecule has 0 spiro atoms. The molecule has 2 amide bonds. The van der Waals surface area contributed by atoms with Crippen LogP contribution in [0.15, 0.2) is 71.2 Å². The van der Waals surface area contributed by atoms with Gasteiger partial charge in [-0.3, -0.25) is 9.59 Å². The van der Waals surface area contributed by atoms with Crippen molar-refractivity contribution in [2.75, 3.05) is 7.11 Å². The van der Waals surface area contributed by atoms with Crippen molar-refractivity contribution >= 4 is 37.7 Å². The fourth-order valence-electron chi connectivity index (χ4n) is 4.23. The molecule has 45 heavy (non-hydrogen) atoms. The number of hydrogen-bond donors (Lipinski definition) is 2. The number of nitrogens with one attached hydrogen (secondary N) is 2. The molecule has 0 bridgehead atoms. The largest absolute Gasteiger partial charge is 0.490 e. The highest BCUT2D eigenvalue weighted by Gasteiger charge is 2.38. The number of halogens is 1. The van der Waals surface area contributed by atoms with Crippen LogP contribution in [0.25, 0.3) is 0 Å². The number of hydrogen-bond acceptors (Lipinski definition) is 6. The average Bonchev–Trinajstić information content (AvgIpc) is 2.93. The van der Waals surface area contributed by atoms with E-state index in [1.54, 1.807) is 24.4 Å². The van der Waals surface area contributed by atoms with Gasteiger partial charge in [0.25, 0.3) is 0 Å². The summed E-state index contributed by atoms with van der Waals surface area (Å²) in [5.74, 6) is -0.991. The molecule has 0 fully saturated rings. The van der Waals surface area contributed by atoms with Gasteiger partial charge in [-0.25, -0.2) is 4.79 Å². The zero-order valence-corrected chi connectivity index (χ0v) is 30.8. The van der Waals surface area contributed by atoms with E-state index in [0.717, 1.165) is 10.6 Å². The van der Waals surface area contributed by atoms with Gasteiger partial charge in [0.2, 0.25) is 11.8 Å². The number of amides is 2. The molecule has 4 atom stereocenters. The summed E-state index contributed by atoms with van der Waals surface area (Å²) in [7, 11) is -0.544. The molecule has 0 aliphatic carbocycles. The summed E-state index contributed by atoms with van der Waals surface area (Å²) in [6.07, 6.45) is 17.4. The normalized spacial score (nSPS) is 19.1. The van der Waals surface area contributed by atoms with Crippen LogP contribution in [0.3, 0.4) is 0 Å². The summed E-state index contributed by atoms with van der Waals surface area (Å²) in [5, 5.41) is 6.40. The van der Waals surface area contributed by atoms with Crippen LogP contribution in [0.5, 0.6) is 0 Å². The summed E-state index contributed by atoms with van der Waals surface area (Å²) in [6.45, 7) is 20.6. The molecule has 0 saturated heterocycles. The SMILES string of the molecule is COC1=CC[C@@H]([C@@H](C)C=C(C)C=CC=CC(=O)N[C@H](C(=O)NC=CC[C@H](CC=C(C)Cl)O[Si](C)(C)C(C)(C)C)C(C)C)OC1=O. The Morgan fingerprint density at radius 2 is 1.78 bits per heavy atom. The summed E-state index contributed by atoms with van der Waals surface area (Å²) in [4.78, 5) is 37.5. The van der Waals surface area contributed by atoms with Gasteiger partial charge in [0.15, 0.2) is 14.1 Å². The van der Waals surface area contributed by atoms with E-state index in [2.05, 4.69) is 44.5 Å². The van der Waals surface area contributed by atoms with E-state index in [4.69, 9.17) is 25.5 Å². The lowest BCUT2D eigenvalue weighted by Gasteiger charge is -2.39. The van der Waals surface area contributed by atoms with Crippen molar-refractivity contribution in [3.05, 3.63) is 71.2 Å². The molecule has 0 radical (unpaired) electrons. The van der Waals surface area contributed by atoms with Crippen LogP contribution >= 0.6 is 11.6 Å². The second kappa shape index (κ2) is 18.9. The molecule has 252 valence electrons. The minimum atomic E-state index is -1.99. The fourth-order valence-corrected chi connectivity index (χ4v) is 5.70. The Labute approximate surface area is 277 Å². The van der Waals surface area contributed by atoms with Gasteiger partial charge in [-0.1, -0.05) is 95.2 Å². The maximum Gasteiger partial charge on any atom is 0.373 e. The number of methoxy groups -OCH3 is 1. The Morgan fingerprint density at radius 1 is 1.13 bits per heavy atom. The zero-order chi connectivity index (χ0) is 34.4. The number of carbonyl (C=O) groups is 3. The lowest BCUT2D eigenvalue weighted by atomic mass is 9.97. The first-order valence-corrected chi connectivity index (χ1v) is 18.9. The molecule has 0 aromatic carbocycles. The Hall–Kier alpha value is -2.88. The highest BCUT2D eigenvalue weighted by Crippen LogP contribution is 2.38. The van der Waals surface area contributed by atoms with Gasteiger partial charge in [0.1, 0.15) is 12.1 Å². The van der Waals surface area contributed by atoms with Crippen LogP contribution in [-0.2, 0) is 28.3 Å². The maximum atomic E-state index is 12.9. The topological polar surface area (TPSA) is 103 Å². The van der Waals surface area contributed by atoms with Gasteiger partial charge in [0, 0.05) is 23.4 Å². The van der Waals surface area contributed by atoms with E-state index < -0.39 is 20.3 Å². The quantitative estimate of drug-likeness (QED) is 0.0763. The van der Waals surface area contributed by atoms with Gasteiger partial charge in [0.05, 0.1) is 13.2 Å². The number of esters is 1. The molecule has 0 unspecified atom stereocenters. The third-order valence-electron chi connectivity index (χ3n) is 7.96. The number of allylic oxidation sites excluding steroid dienone is 5. The highest BCUT2D eigenvalue weighted by molar-refractivity contribution is 6.74. The van der Waals surface area contributed by atoms with Crippen molar-refractivity contribution in [3.8, 4) is 0 Å². The molecule has 10 heteroatoms. The lowest BCUT2D eigenvalue weighted by Crippen LogP contribution is -2.48. The zero-order valence-electron chi connectivity index (χ0n) is 29.0. The highest BCUT2D eigenvalue weighted by atomic mass is 35.5. The summed E-state index contributed by atoms with van der Waals surface area (Å²) in [5.41, 5.74) is 0.960. The third kappa shape index (κ3) is 14.8. The predicted octanol–water partition coefficient (Wildman–Crippen LogP) is 7.61. The van der Waals surface area contributed by atoms with E-state index >= 15 is 0 Å². The van der Waals surface area contributed by atoms with Crippen LogP contribution in [0.1, 0.15) is 74.7 Å². The van der Waals surface area contributed by atoms with Gasteiger partial charge in [-0.05, 0) is 63.0 Å². The van der Waals surface area contributed by atoms with Gasteiger partial charge in [-0.15, -0.1) is 0 Å². The van der Waals surface area contributed by atoms with E-state index in [1.807, 2.05) is 58.9 Å². The first-order valence-electron chi connectivity index (χ1n) is 15.6. The molecular formula is C35H55ClN2O6Si. The standard InChI is InChI=1S/C35H55ClN2O6Si/c1-24(2)32(33(40)37-22-14-16-28(19-18-27(5)36)44-45(10,11)35(6,7)8)38-31(39)17-13-12-15-25(3)23-26(4)29-20-21-30(42-9)34(41)43-29/h12-15,17-18,21-24,26,28-29,32H,16,19-20H2,1-11H3,(H,37,40)(H,38,39)/t26-,28+,29-,32-/m0/s1. The molecule has 0 aromatic heterocycles. The molecule has 1 aliphatic rings. The van der Waals surface area contributed by atoms with Crippen molar-refractivity contribution in [1.29, 1.82) is 0 Å². The van der Waals surface area contributed by atoms with Crippen LogP contribution in [0.2, 0.25) is 18.1 Å². The third-order valence-corrected chi connectivity index (χ3v) is 12.7. The average molecular weight is 663 g/mol. The first-order chi connectivity index (χ1) is 20.9. The van der Waals surface area contributed by atoms with Crippen LogP contribution in [0.4, 0.5) is 0 Å². The van der Waals surface area contributed by atoms with E-state index in [1.165, 1.54) is 13.2 Å². The number of carbonyl (C=O) groups excluding carboxylic acids is 3. The molecule has 0 saturated carbocycles. The monoisotopic (exact) mass is 662 g/mol. The van der Waals surface area contributed by atoms with Gasteiger partial charge in [-0.2, -0.15) is 0 Å². The van der Waals surface area contributed by atoms with Crippen molar-refractivity contribution in [1.82, 2.24) is 10.6 Å². The molecule has 0 aromatic rings. The molecule has 8 nitrogen and oxygen atoms in total. The smallest absolute Gasteiger partial charge is 0.373 e. The predicted molar refractivity (Wildman–Crippen MR) is 186 cm³/mol. The van der Waals surface area contributed by atoms with E-state index in [9.17, 15) is 14.4 Å². The number of ether oxygens (including phenoxy) is 2. The molecule has 1 heterocycles. The Bertz CT molecular complexity index is 1190. The second-order valence-electron chi connectivity index (χ2n) is 13.3. The minimum absolute atomic E-state index is 0.00201. The van der Waals surface area contributed by atoms with Crippen molar-refractivity contribution in [3.63, 3.8) is 0 Å². The van der Waals surface area contributed by atoms with Crippen molar-refractivity contribution < 1.29 is 28.3 Å². The number of cyclic esters (lactones) is 1. The second-order valence-corrected chi connectivity index (χ2v) is 18.7. The Morgan fingerprint density at radius 3 is 2.33 bits per heavy atom. The summed E-state index contributed by atoms with van der Waals surface area (Å²) >= 11 is 6.08. The van der Waals surface area contributed by atoms with Crippen molar-refractivity contribution in [2.24, 2.45) is 11.8 Å². The van der Waals surface area contributed by atoms with Gasteiger partial charge >= 0.3 is 5.97 Å². The van der Waals surface area contributed by atoms with Crippen LogP contribution in [-0.4, -0.2) is 51.5 Å². The Kier molecular flexibility index (Phi) is 16.9. The molecular weight excluding hydrogens is 608 g/mol. The first kappa shape index (κ1) is 40.1. The van der Waals surface area contributed by atoms with Crippen LogP contribution in [0, 0.1) is 11.8 Å². The number of rotatable bonds is 16. The fraction of sp³-hybridized carbons (Fsp3) is 0.571. The summed E-state index contributed by atoms with van der Waals surface area (Å²) < 4.78 is 17.0. The molecule has 1 aliphatic heterocycles. The minimum Gasteiger partial charge on any atom is -0.490 e. The summed E-state index contributed by atoms with van der Waals surface area (Å²) in [6, 6.07) is -0.703. The maximum absolute atomic E-state index is 12.9. The van der Waals surface area contributed by atoms with Crippen LogP contribution < -0.4 is 10.6 Å².